The number of aromatic carboxylic acids is 1. The van der Waals surface area contributed by atoms with Crippen LogP contribution in [0.3, 0.4) is 0 Å². The quantitative estimate of drug-likeness (QED) is 0.736. The van der Waals surface area contributed by atoms with Crippen molar-refractivity contribution in [2.45, 2.75) is 6.92 Å². The lowest BCUT2D eigenvalue weighted by atomic mass is 10.3. The van der Waals surface area contributed by atoms with E-state index in [9.17, 15) is 9.90 Å². The van der Waals surface area contributed by atoms with Gasteiger partial charge in [-0.2, -0.15) is 0 Å². The lowest BCUT2D eigenvalue weighted by Gasteiger charge is -1.99. The summed E-state index contributed by atoms with van der Waals surface area (Å²) in [5.41, 5.74) is -0.0544. The smallest absolute Gasteiger partial charge is 0.356 e. The van der Waals surface area contributed by atoms with Gasteiger partial charge in [0.1, 0.15) is 17.0 Å². The molecule has 0 aliphatic carbocycles. The molecule has 3 aromatic rings. The number of furan rings is 1. The number of imidazole rings is 1. The van der Waals surface area contributed by atoms with Gasteiger partial charge in [-0.05, 0) is 31.2 Å². The number of aromatic hydroxyl groups is 1. The number of aromatic nitrogens is 2. The molecular formula is C13H10N2O4. The van der Waals surface area contributed by atoms with Crippen LogP contribution < -0.4 is 0 Å². The molecule has 0 aliphatic heterocycles. The van der Waals surface area contributed by atoms with Gasteiger partial charge in [0.05, 0.1) is 0 Å². The topological polar surface area (TPSA) is 88.0 Å². The minimum Gasteiger partial charge on any atom is -0.506 e. The van der Waals surface area contributed by atoms with Crippen LogP contribution in [0.5, 0.6) is 5.75 Å². The van der Waals surface area contributed by atoms with E-state index in [1.807, 2.05) is 0 Å². The highest BCUT2D eigenvalue weighted by Gasteiger charge is 2.21. The van der Waals surface area contributed by atoms with Crippen LogP contribution in [0.25, 0.3) is 17.1 Å². The van der Waals surface area contributed by atoms with Gasteiger partial charge in [0.25, 0.3) is 0 Å². The van der Waals surface area contributed by atoms with E-state index in [1.165, 1.54) is 10.5 Å². The van der Waals surface area contributed by atoms with Crippen molar-refractivity contribution in [1.82, 2.24) is 9.38 Å². The maximum absolute atomic E-state index is 11.2. The zero-order valence-corrected chi connectivity index (χ0v) is 9.99. The molecular weight excluding hydrogens is 248 g/mol. The third kappa shape index (κ3) is 1.65. The van der Waals surface area contributed by atoms with Crippen LogP contribution in [-0.2, 0) is 0 Å². The molecule has 6 nitrogen and oxygen atoms in total. The average molecular weight is 258 g/mol. The number of aryl methyl sites for hydroxylation is 1. The van der Waals surface area contributed by atoms with Gasteiger partial charge < -0.3 is 14.6 Å². The molecule has 0 fully saturated rings. The molecule has 19 heavy (non-hydrogen) atoms. The van der Waals surface area contributed by atoms with Crippen LogP contribution in [0.15, 0.2) is 34.9 Å². The highest BCUT2D eigenvalue weighted by atomic mass is 16.4. The Balaban J connectivity index is 2.38. The van der Waals surface area contributed by atoms with Gasteiger partial charge in [-0.15, -0.1) is 0 Å². The summed E-state index contributed by atoms with van der Waals surface area (Å²) in [6.45, 7) is 1.79. The highest BCUT2D eigenvalue weighted by Crippen LogP contribution is 2.29. The van der Waals surface area contributed by atoms with Crippen LogP contribution in [-0.4, -0.2) is 25.6 Å². The van der Waals surface area contributed by atoms with Gasteiger partial charge in [-0.3, -0.25) is 4.40 Å². The molecule has 3 rings (SSSR count). The third-order valence-electron chi connectivity index (χ3n) is 2.81. The lowest BCUT2D eigenvalue weighted by molar-refractivity contribution is 0.0693. The van der Waals surface area contributed by atoms with Crippen molar-refractivity contribution in [3.05, 3.63) is 41.9 Å². The number of rotatable bonds is 2. The zero-order chi connectivity index (χ0) is 13.6. The first-order valence-corrected chi connectivity index (χ1v) is 5.58. The Morgan fingerprint density at radius 2 is 2.16 bits per heavy atom. The summed E-state index contributed by atoms with van der Waals surface area (Å²) >= 11 is 0. The molecule has 0 amide bonds. The van der Waals surface area contributed by atoms with E-state index in [1.54, 1.807) is 31.3 Å². The summed E-state index contributed by atoms with van der Waals surface area (Å²) in [6.07, 6.45) is 1.63. The maximum Gasteiger partial charge on any atom is 0.356 e. The Hall–Kier alpha value is -2.76. The van der Waals surface area contributed by atoms with Gasteiger partial charge in [-0.1, -0.05) is 0 Å². The normalized spacial score (nSPS) is 11.0. The highest BCUT2D eigenvalue weighted by molar-refractivity contribution is 5.96. The Morgan fingerprint density at radius 3 is 2.79 bits per heavy atom. The van der Waals surface area contributed by atoms with Crippen LogP contribution >= 0.6 is 0 Å². The van der Waals surface area contributed by atoms with E-state index in [-0.39, 0.29) is 17.0 Å². The van der Waals surface area contributed by atoms with Crippen molar-refractivity contribution in [2.24, 2.45) is 0 Å². The second-order valence-electron chi connectivity index (χ2n) is 4.11. The predicted octanol–water partition coefficient (Wildman–Crippen LogP) is 2.31. The van der Waals surface area contributed by atoms with Gasteiger partial charge in [0, 0.05) is 6.20 Å². The van der Waals surface area contributed by atoms with Crippen molar-refractivity contribution < 1.29 is 19.4 Å². The maximum atomic E-state index is 11.2. The average Bonchev–Trinajstić information content (AvgIpc) is 2.93. The number of fused-ring (bicyclic) bond motifs is 1. The molecule has 0 radical (unpaired) electrons. The summed E-state index contributed by atoms with van der Waals surface area (Å²) in [6, 6.07) is 6.50. The van der Waals surface area contributed by atoms with E-state index in [0.29, 0.717) is 17.3 Å². The number of nitrogens with zero attached hydrogens (tertiary/aromatic N) is 2. The molecule has 0 unspecified atom stereocenters. The van der Waals surface area contributed by atoms with Crippen LogP contribution in [0.4, 0.5) is 0 Å². The predicted molar refractivity (Wildman–Crippen MR) is 66.3 cm³/mol. The number of carbonyl (C=O) groups is 1. The van der Waals surface area contributed by atoms with E-state index in [4.69, 9.17) is 9.52 Å². The molecule has 0 aliphatic rings. The number of pyridine rings is 1. The Kier molecular flexibility index (Phi) is 2.31. The molecule has 0 saturated heterocycles. The summed E-state index contributed by atoms with van der Waals surface area (Å²) < 4.78 is 6.95. The van der Waals surface area contributed by atoms with Gasteiger partial charge in [0.2, 0.25) is 0 Å². The fraction of sp³-hybridized carbons (Fsp3) is 0.0769. The minimum atomic E-state index is -1.20. The van der Waals surface area contributed by atoms with Crippen molar-refractivity contribution in [2.75, 3.05) is 0 Å². The number of hydrogen-bond acceptors (Lipinski definition) is 4. The molecule has 0 aromatic carbocycles. The molecule has 96 valence electrons. The summed E-state index contributed by atoms with van der Waals surface area (Å²) in [7, 11) is 0. The summed E-state index contributed by atoms with van der Waals surface area (Å²) in [5, 5.41) is 19.0. The Morgan fingerprint density at radius 1 is 1.37 bits per heavy atom. The molecule has 0 saturated carbocycles. The Bertz CT molecular complexity index is 785. The molecule has 6 heteroatoms. The molecule has 0 atom stereocenters. The van der Waals surface area contributed by atoms with Gasteiger partial charge >= 0.3 is 5.97 Å². The zero-order valence-electron chi connectivity index (χ0n) is 9.99. The first kappa shape index (κ1) is 11.3. The number of carboxylic acid groups (broad SMARTS) is 1. The largest absolute Gasteiger partial charge is 0.506 e. The fourth-order valence-electron chi connectivity index (χ4n) is 2.00. The molecule has 3 aromatic heterocycles. The first-order chi connectivity index (χ1) is 9.08. The summed E-state index contributed by atoms with van der Waals surface area (Å²) in [4.78, 5) is 15.2. The molecule has 3 heterocycles. The van der Waals surface area contributed by atoms with Crippen LogP contribution in [0.2, 0.25) is 0 Å². The standard InChI is InChI=1S/C13H10N2O4/c1-7-4-5-9(19-7)12-14-10(13(17)18)11-8(16)3-2-6-15(11)12/h2-6,16H,1H3,(H,17,18). The molecule has 2 N–H and O–H groups in total. The Labute approximate surface area is 107 Å². The van der Waals surface area contributed by atoms with Crippen molar-refractivity contribution in [3.63, 3.8) is 0 Å². The van der Waals surface area contributed by atoms with Gasteiger partial charge in [0.15, 0.2) is 17.3 Å². The van der Waals surface area contributed by atoms with Gasteiger partial charge in [-0.25, -0.2) is 9.78 Å². The second kappa shape index (κ2) is 3.88. The number of carboxylic acids is 1. The van der Waals surface area contributed by atoms with Crippen molar-refractivity contribution in [3.8, 4) is 17.3 Å². The summed E-state index contributed by atoms with van der Waals surface area (Å²) in [5.74, 6) is 0.154. The van der Waals surface area contributed by atoms with Crippen LogP contribution in [0.1, 0.15) is 16.2 Å². The monoisotopic (exact) mass is 258 g/mol. The van der Waals surface area contributed by atoms with E-state index in [0.717, 1.165) is 0 Å². The van der Waals surface area contributed by atoms with Crippen molar-refractivity contribution >= 4 is 11.5 Å². The third-order valence-corrected chi connectivity index (χ3v) is 2.81. The van der Waals surface area contributed by atoms with E-state index >= 15 is 0 Å². The van der Waals surface area contributed by atoms with Crippen molar-refractivity contribution in [1.29, 1.82) is 0 Å². The van der Waals surface area contributed by atoms with Crippen LogP contribution in [0, 0.1) is 6.92 Å². The second-order valence-corrected chi connectivity index (χ2v) is 4.11. The van der Waals surface area contributed by atoms with E-state index < -0.39 is 5.97 Å². The minimum absolute atomic E-state index is 0.137. The molecule has 0 bridgehead atoms. The lowest BCUT2D eigenvalue weighted by Crippen LogP contribution is -1.97. The number of hydrogen-bond donors (Lipinski definition) is 2. The fourth-order valence-corrected chi connectivity index (χ4v) is 2.00. The molecule has 0 spiro atoms. The van der Waals surface area contributed by atoms with E-state index in [2.05, 4.69) is 4.98 Å². The SMILES string of the molecule is Cc1ccc(-c2nc(C(=O)O)c3c(O)cccn23)o1. The first-order valence-electron chi connectivity index (χ1n) is 5.58.